The van der Waals surface area contributed by atoms with E-state index in [1.165, 1.54) is 0 Å². The van der Waals surface area contributed by atoms with E-state index in [4.69, 9.17) is 4.74 Å². The maximum absolute atomic E-state index is 11.9. The molecule has 1 aromatic rings. The normalized spacial score (nSPS) is 25.4. The predicted octanol–water partition coefficient (Wildman–Crippen LogP) is -0.265. The summed E-state index contributed by atoms with van der Waals surface area (Å²) in [4.78, 5) is 11.9. The Hall–Kier alpha value is -1.40. The van der Waals surface area contributed by atoms with Gasteiger partial charge in [-0.3, -0.25) is 9.48 Å². The van der Waals surface area contributed by atoms with Crippen molar-refractivity contribution >= 4 is 11.7 Å². The molecule has 2 rings (SSSR count). The number of aromatic nitrogens is 2. The van der Waals surface area contributed by atoms with Crippen LogP contribution in [0.5, 0.6) is 0 Å². The Morgan fingerprint density at radius 3 is 3.19 bits per heavy atom. The lowest BCUT2D eigenvalue weighted by Crippen LogP contribution is -2.53. The molecule has 0 aromatic carbocycles. The lowest BCUT2D eigenvalue weighted by atomic mass is 10.1. The average molecular weight is 224 g/mol. The van der Waals surface area contributed by atoms with Crippen LogP contribution in [0.3, 0.4) is 0 Å². The zero-order chi connectivity index (χ0) is 11.5. The van der Waals surface area contributed by atoms with Gasteiger partial charge in [0.2, 0.25) is 5.91 Å². The first kappa shape index (κ1) is 11.1. The summed E-state index contributed by atoms with van der Waals surface area (Å²) in [5.74, 6) is 0.598. The molecule has 2 heterocycles. The van der Waals surface area contributed by atoms with Gasteiger partial charge in [0.15, 0.2) is 0 Å². The fraction of sp³-hybridized carbons (Fsp3) is 0.600. The van der Waals surface area contributed by atoms with E-state index in [0.717, 1.165) is 0 Å². The van der Waals surface area contributed by atoms with Gasteiger partial charge in [-0.1, -0.05) is 0 Å². The van der Waals surface area contributed by atoms with Crippen molar-refractivity contribution in [3.05, 3.63) is 12.3 Å². The SMILES string of the molecule is C[C@H]1OCCN[C@@H]1C(=O)Nc1ccnn1C. The fourth-order valence-electron chi connectivity index (χ4n) is 1.73. The van der Waals surface area contributed by atoms with Crippen molar-refractivity contribution in [1.82, 2.24) is 15.1 Å². The number of anilines is 1. The third-order valence-corrected chi connectivity index (χ3v) is 2.67. The number of nitrogens with one attached hydrogen (secondary N) is 2. The van der Waals surface area contributed by atoms with Gasteiger partial charge in [0.05, 0.1) is 18.9 Å². The molecular weight excluding hydrogens is 208 g/mol. The summed E-state index contributed by atoms with van der Waals surface area (Å²) in [5.41, 5.74) is 0. The summed E-state index contributed by atoms with van der Waals surface area (Å²) in [6, 6.07) is 1.45. The van der Waals surface area contributed by atoms with Gasteiger partial charge < -0.3 is 15.4 Å². The Labute approximate surface area is 94.0 Å². The van der Waals surface area contributed by atoms with Crippen LogP contribution in [0.1, 0.15) is 6.92 Å². The summed E-state index contributed by atoms with van der Waals surface area (Å²) >= 11 is 0. The molecule has 1 fully saturated rings. The van der Waals surface area contributed by atoms with Crippen LogP contribution in [0.15, 0.2) is 12.3 Å². The molecule has 1 aliphatic rings. The van der Waals surface area contributed by atoms with E-state index in [2.05, 4.69) is 15.7 Å². The molecule has 0 radical (unpaired) electrons. The number of morpholine rings is 1. The van der Waals surface area contributed by atoms with Crippen LogP contribution >= 0.6 is 0 Å². The molecule has 0 spiro atoms. The minimum atomic E-state index is -0.302. The van der Waals surface area contributed by atoms with Crippen molar-refractivity contribution in [2.75, 3.05) is 18.5 Å². The monoisotopic (exact) mass is 224 g/mol. The predicted molar refractivity (Wildman–Crippen MR) is 59.0 cm³/mol. The second-order valence-corrected chi connectivity index (χ2v) is 3.84. The van der Waals surface area contributed by atoms with Crippen LogP contribution in [0.4, 0.5) is 5.82 Å². The first-order valence-corrected chi connectivity index (χ1v) is 5.32. The Kier molecular flexibility index (Phi) is 3.21. The van der Waals surface area contributed by atoms with Crippen molar-refractivity contribution < 1.29 is 9.53 Å². The molecule has 1 amide bonds. The van der Waals surface area contributed by atoms with Gasteiger partial charge in [0.1, 0.15) is 11.9 Å². The summed E-state index contributed by atoms with van der Waals surface area (Å²) in [6.07, 6.45) is 1.53. The maximum atomic E-state index is 11.9. The van der Waals surface area contributed by atoms with E-state index in [1.807, 2.05) is 6.92 Å². The zero-order valence-electron chi connectivity index (χ0n) is 9.43. The number of carbonyl (C=O) groups is 1. The first-order valence-electron chi connectivity index (χ1n) is 5.32. The van der Waals surface area contributed by atoms with E-state index < -0.39 is 0 Å². The molecule has 0 bridgehead atoms. The van der Waals surface area contributed by atoms with Crippen LogP contribution in [0, 0.1) is 0 Å². The standard InChI is InChI=1S/C10H16N4O2/c1-7-9(11-5-6-16-7)10(15)13-8-3-4-12-14(8)2/h3-4,7,9,11H,5-6H2,1-2H3,(H,13,15)/t7-,9+/m1/s1. The lowest BCUT2D eigenvalue weighted by molar-refractivity contribution is -0.123. The van der Waals surface area contributed by atoms with Gasteiger partial charge in [-0.25, -0.2) is 0 Å². The molecular formula is C10H16N4O2. The summed E-state index contributed by atoms with van der Waals surface area (Å²) < 4.78 is 7.03. The molecule has 6 heteroatoms. The van der Waals surface area contributed by atoms with E-state index >= 15 is 0 Å². The van der Waals surface area contributed by atoms with E-state index in [1.54, 1.807) is 24.0 Å². The largest absolute Gasteiger partial charge is 0.375 e. The highest BCUT2D eigenvalue weighted by molar-refractivity contribution is 5.94. The topological polar surface area (TPSA) is 68.2 Å². The third kappa shape index (κ3) is 2.23. The number of carbonyl (C=O) groups excluding carboxylic acids is 1. The van der Waals surface area contributed by atoms with Gasteiger partial charge in [-0.2, -0.15) is 5.10 Å². The highest BCUT2D eigenvalue weighted by Gasteiger charge is 2.28. The number of aryl methyl sites for hydroxylation is 1. The molecule has 2 N–H and O–H groups in total. The minimum Gasteiger partial charge on any atom is -0.375 e. The molecule has 6 nitrogen and oxygen atoms in total. The average Bonchev–Trinajstić information content (AvgIpc) is 2.65. The highest BCUT2D eigenvalue weighted by Crippen LogP contribution is 2.08. The molecule has 0 saturated carbocycles. The molecule has 1 saturated heterocycles. The molecule has 2 atom stereocenters. The number of hydrogen-bond donors (Lipinski definition) is 2. The quantitative estimate of drug-likeness (QED) is 0.726. The van der Waals surface area contributed by atoms with Crippen molar-refractivity contribution in [2.24, 2.45) is 7.05 Å². The van der Waals surface area contributed by atoms with Crippen LogP contribution in [-0.2, 0) is 16.6 Å². The van der Waals surface area contributed by atoms with Gasteiger partial charge in [0, 0.05) is 19.7 Å². The van der Waals surface area contributed by atoms with Crippen molar-refractivity contribution in [1.29, 1.82) is 0 Å². The first-order chi connectivity index (χ1) is 7.68. The van der Waals surface area contributed by atoms with Crippen molar-refractivity contribution in [3.8, 4) is 0 Å². The molecule has 1 aliphatic heterocycles. The summed E-state index contributed by atoms with van der Waals surface area (Å²) in [6.45, 7) is 3.24. The number of hydrogen-bond acceptors (Lipinski definition) is 4. The van der Waals surface area contributed by atoms with Crippen LogP contribution < -0.4 is 10.6 Å². The van der Waals surface area contributed by atoms with Gasteiger partial charge in [0.25, 0.3) is 0 Å². The molecule has 88 valence electrons. The Bertz CT molecular complexity index is 377. The molecule has 0 aliphatic carbocycles. The second-order valence-electron chi connectivity index (χ2n) is 3.84. The van der Waals surface area contributed by atoms with E-state index in [-0.39, 0.29) is 18.1 Å². The Morgan fingerprint density at radius 1 is 1.75 bits per heavy atom. The van der Waals surface area contributed by atoms with Crippen LogP contribution in [-0.4, -0.2) is 41.0 Å². The summed E-state index contributed by atoms with van der Waals surface area (Å²) in [5, 5.41) is 9.93. The highest BCUT2D eigenvalue weighted by atomic mass is 16.5. The summed E-state index contributed by atoms with van der Waals surface area (Å²) in [7, 11) is 1.78. The van der Waals surface area contributed by atoms with E-state index in [0.29, 0.717) is 19.0 Å². The number of amides is 1. The van der Waals surface area contributed by atoms with Crippen molar-refractivity contribution in [2.45, 2.75) is 19.1 Å². The second kappa shape index (κ2) is 4.63. The Morgan fingerprint density at radius 2 is 2.56 bits per heavy atom. The number of ether oxygens (including phenoxy) is 1. The maximum Gasteiger partial charge on any atom is 0.245 e. The Balaban J connectivity index is 2.00. The lowest BCUT2D eigenvalue weighted by Gasteiger charge is -2.29. The van der Waals surface area contributed by atoms with Gasteiger partial charge >= 0.3 is 0 Å². The fourth-order valence-corrected chi connectivity index (χ4v) is 1.73. The smallest absolute Gasteiger partial charge is 0.245 e. The molecule has 0 unspecified atom stereocenters. The molecule has 1 aromatic heterocycles. The number of rotatable bonds is 2. The van der Waals surface area contributed by atoms with Gasteiger partial charge in [-0.15, -0.1) is 0 Å². The van der Waals surface area contributed by atoms with Crippen LogP contribution in [0.25, 0.3) is 0 Å². The van der Waals surface area contributed by atoms with E-state index in [9.17, 15) is 4.79 Å². The molecule has 16 heavy (non-hydrogen) atoms. The van der Waals surface area contributed by atoms with Crippen LogP contribution in [0.2, 0.25) is 0 Å². The minimum absolute atomic E-state index is 0.0872. The van der Waals surface area contributed by atoms with Crippen molar-refractivity contribution in [3.63, 3.8) is 0 Å². The number of nitrogens with zero attached hydrogens (tertiary/aromatic N) is 2. The zero-order valence-corrected chi connectivity index (χ0v) is 9.43. The third-order valence-electron chi connectivity index (χ3n) is 2.67. The van der Waals surface area contributed by atoms with Gasteiger partial charge in [-0.05, 0) is 6.92 Å².